The molecule has 2 heterocycles. The van der Waals surface area contributed by atoms with Crippen molar-refractivity contribution in [3.63, 3.8) is 0 Å². The number of hydrogen-bond donors (Lipinski definition) is 2. The van der Waals surface area contributed by atoms with Crippen molar-refractivity contribution < 1.29 is 0 Å². The van der Waals surface area contributed by atoms with Gasteiger partial charge in [-0.15, -0.1) is 0 Å². The van der Waals surface area contributed by atoms with Crippen molar-refractivity contribution in [1.29, 1.82) is 0 Å². The summed E-state index contributed by atoms with van der Waals surface area (Å²) in [5.74, 6) is 0. The van der Waals surface area contributed by atoms with Crippen LogP contribution >= 0.6 is 0 Å². The van der Waals surface area contributed by atoms with E-state index in [0.717, 1.165) is 6.54 Å². The van der Waals surface area contributed by atoms with Crippen LogP contribution in [0, 0.1) is 6.92 Å². The lowest BCUT2D eigenvalue weighted by atomic mass is 10.1. The van der Waals surface area contributed by atoms with Crippen molar-refractivity contribution in [3.05, 3.63) is 41.2 Å². The number of aromatic nitrogens is 1. The molecule has 2 N–H and O–H groups in total. The largest absolute Gasteiger partial charge is 0.387 e. The Morgan fingerprint density at radius 2 is 2.21 bits per heavy atom. The minimum atomic E-state index is 0.925. The number of nitrogens with one attached hydrogen (secondary N) is 2. The Bertz CT molecular complexity index is 520. The molecule has 0 saturated heterocycles. The molecular formula is C12H12N2. The first kappa shape index (κ1) is 7.68. The fraction of sp³-hybridized carbons (Fsp3) is 0.167. The Morgan fingerprint density at radius 1 is 1.29 bits per heavy atom. The lowest BCUT2D eigenvalue weighted by molar-refractivity contribution is 0.864. The molecule has 14 heavy (non-hydrogen) atoms. The summed E-state index contributed by atoms with van der Waals surface area (Å²) in [6.45, 7) is 3.04. The fourth-order valence-electron chi connectivity index (χ4n) is 2.03. The molecule has 70 valence electrons. The maximum Gasteiger partial charge on any atom is 0.0464 e. The molecule has 2 nitrogen and oxygen atoms in total. The van der Waals surface area contributed by atoms with Crippen LogP contribution < -0.4 is 5.32 Å². The second kappa shape index (κ2) is 2.64. The van der Waals surface area contributed by atoms with E-state index in [1.807, 2.05) is 6.20 Å². The summed E-state index contributed by atoms with van der Waals surface area (Å²) in [7, 11) is 0. The first-order chi connectivity index (χ1) is 6.84. The standard InChI is InChI=1S/C12H12N2/c1-8-2-3-9-10-7-13-5-4-11(10)14-12(9)6-8/h2-6,13-14H,7H2,1H3. The zero-order chi connectivity index (χ0) is 9.54. The highest BCUT2D eigenvalue weighted by atomic mass is 14.9. The van der Waals surface area contributed by atoms with Crippen LogP contribution in [0.15, 0.2) is 24.4 Å². The van der Waals surface area contributed by atoms with Gasteiger partial charge in [0, 0.05) is 28.7 Å². The second-order valence-electron chi connectivity index (χ2n) is 3.78. The number of rotatable bonds is 0. The Hall–Kier alpha value is -1.70. The maximum absolute atomic E-state index is 3.43. The summed E-state index contributed by atoms with van der Waals surface area (Å²) in [5.41, 5.74) is 5.16. The molecule has 0 radical (unpaired) electrons. The van der Waals surface area contributed by atoms with Gasteiger partial charge < -0.3 is 10.3 Å². The van der Waals surface area contributed by atoms with E-state index in [2.05, 4.69) is 41.5 Å². The van der Waals surface area contributed by atoms with Crippen LogP contribution in [0.1, 0.15) is 16.8 Å². The number of benzene rings is 1. The number of aromatic amines is 1. The van der Waals surface area contributed by atoms with Gasteiger partial charge in [0.2, 0.25) is 0 Å². The smallest absolute Gasteiger partial charge is 0.0464 e. The maximum atomic E-state index is 3.43. The highest BCUT2D eigenvalue weighted by Crippen LogP contribution is 2.25. The van der Waals surface area contributed by atoms with Gasteiger partial charge in [-0.1, -0.05) is 12.1 Å². The predicted molar refractivity (Wildman–Crippen MR) is 58.9 cm³/mol. The van der Waals surface area contributed by atoms with Crippen molar-refractivity contribution >= 4 is 17.0 Å². The third kappa shape index (κ3) is 0.970. The predicted octanol–water partition coefficient (Wildman–Crippen LogP) is 2.55. The van der Waals surface area contributed by atoms with Gasteiger partial charge in [0.05, 0.1) is 0 Å². The zero-order valence-corrected chi connectivity index (χ0v) is 8.09. The third-order valence-electron chi connectivity index (χ3n) is 2.74. The number of H-pyrrole nitrogens is 1. The average molecular weight is 184 g/mol. The SMILES string of the molecule is Cc1ccc2c3c([nH]c2c1)C=CNC3. The van der Waals surface area contributed by atoms with E-state index in [4.69, 9.17) is 0 Å². The molecule has 0 amide bonds. The van der Waals surface area contributed by atoms with Crippen LogP contribution in [-0.2, 0) is 6.54 Å². The summed E-state index contributed by atoms with van der Waals surface area (Å²) >= 11 is 0. The molecular weight excluding hydrogens is 172 g/mol. The summed E-state index contributed by atoms with van der Waals surface area (Å²) < 4.78 is 0. The molecule has 1 aliphatic heterocycles. The van der Waals surface area contributed by atoms with Gasteiger partial charge in [-0.3, -0.25) is 0 Å². The molecule has 0 fully saturated rings. The number of hydrogen-bond acceptors (Lipinski definition) is 1. The summed E-state index contributed by atoms with van der Waals surface area (Å²) in [6, 6.07) is 6.55. The van der Waals surface area contributed by atoms with Crippen LogP contribution in [0.3, 0.4) is 0 Å². The molecule has 2 aromatic rings. The fourth-order valence-corrected chi connectivity index (χ4v) is 2.03. The Labute approximate surface area is 82.6 Å². The highest BCUT2D eigenvalue weighted by Gasteiger charge is 2.10. The van der Waals surface area contributed by atoms with Crippen LogP contribution in [0.2, 0.25) is 0 Å². The van der Waals surface area contributed by atoms with Gasteiger partial charge in [-0.2, -0.15) is 0 Å². The lowest BCUT2D eigenvalue weighted by Gasteiger charge is -2.06. The van der Waals surface area contributed by atoms with E-state index in [9.17, 15) is 0 Å². The van der Waals surface area contributed by atoms with Gasteiger partial charge in [0.25, 0.3) is 0 Å². The first-order valence-electron chi connectivity index (χ1n) is 4.86. The molecule has 2 heteroatoms. The minimum Gasteiger partial charge on any atom is -0.387 e. The van der Waals surface area contributed by atoms with Gasteiger partial charge in [0.15, 0.2) is 0 Å². The Kier molecular flexibility index (Phi) is 1.45. The molecule has 0 unspecified atom stereocenters. The van der Waals surface area contributed by atoms with Gasteiger partial charge in [-0.05, 0) is 30.8 Å². The van der Waals surface area contributed by atoms with E-state index in [-0.39, 0.29) is 0 Å². The van der Waals surface area contributed by atoms with Crippen LogP contribution in [-0.4, -0.2) is 4.98 Å². The quantitative estimate of drug-likeness (QED) is 0.647. The molecule has 0 aliphatic carbocycles. The topological polar surface area (TPSA) is 27.8 Å². The number of fused-ring (bicyclic) bond motifs is 3. The summed E-state index contributed by atoms with van der Waals surface area (Å²) in [4.78, 5) is 3.43. The van der Waals surface area contributed by atoms with Crippen molar-refractivity contribution in [2.45, 2.75) is 13.5 Å². The van der Waals surface area contributed by atoms with Crippen molar-refractivity contribution in [3.8, 4) is 0 Å². The lowest BCUT2D eigenvalue weighted by Crippen LogP contribution is -2.08. The van der Waals surface area contributed by atoms with Crippen LogP contribution in [0.4, 0.5) is 0 Å². The molecule has 3 rings (SSSR count). The van der Waals surface area contributed by atoms with Crippen molar-refractivity contribution in [2.24, 2.45) is 0 Å². The molecule has 1 aromatic carbocycles. The van der Waals surface area contributed by atoms with Gasteiger partial charge >= 0.3 is 0 Å². The van der Waals surface area contributed by atoms with Crippen LogP contribution in [0.25, 0.3) is 17.0 Å². The van der Waals surface area contributed by atoms with E-state index in [1.54, 1.807) is 0 Å². The van der Waals surface area contributed by atoms with E-state index >= 15 is 0 Å². The normalized spacial score (nSPS) is 14.1. The molecule has 1 aliphatic rings. The minimum absolute atomic E-state index is 0.925. The molecule has 0 spiro atoms. The third-order valence-corrected chi connectivity index (χ3v) is 2.74. The molecule has 0 atom stereocenters. The monoisotopic (exact) mass is 184 g/mol. The summed E-state index contributed by atoms with van der Waals surface area (Å²) in [6.07, 6.45) is 4.08. The highest BCUT2D eigenvalue weighted by molar-refractivity contribution is 5.88. The van der Waals surface area contributed by atoms with Gasteiger partial charge in [0.1, 0.15) is 0 Å². The van der Waals surface area contributed by atoms with E-state index in [0.29, 0.717) is 0 Å². The summed E-state index contributed by atoms with van der Waals surface area (Å²) in [5, 5.41) is 4.57. The van der Waals surface area contributed by atoms with Gasteiger partial charge in [-0.25, -0.2) is 0 Å². The van der Waals surface area contributed by atoms with E-state index < -0.39 is 0 Å². The average Bonchev–Trinajstić information content (AvgIpc) is 2.54. The Morgan fingerprint density at radius 3 is 3.14 bits per heavy atom. The molecule has 1 aromatic heterocycles. The van der Waals surface area contributed by atoms with Crippen LogP contribution in [0.5, 0.6) is 0 Å². The van der Waals surface area contributed by atoms with Crippen molar-refractivity contribution in [2.75, 3.05) is 0 Å². The van der Waals surface area contributed by atoms with Crippen molar-refractivity contribution in [1.82, 2.24) is 10.3 Å². The second-order valence-corrected chi connectivity index (χ2v) is 3.78. The number of aryl methyl sites for hydroxylation is 1. The Balaban J connectivity index is 2.37. The first-order valence-corrected chi connectivity index (χ1v) is 4.86. The van der Waals surface area contributed by atoms with E-state index in [1.165, 1.54) is 27.7 Å². The molecule has 0 bridgehead atoms. The molecule has 0 saturated carbocycles. The zero-order valence-electron chi connectivity index (χ0n) is 8.09.